The van der Waals surface area contributed by atoms with Gasteiger partial charge in [-0.3, -0.25) is 0 Å². The molecule has 0 aromatic carbocycles. The molecule has 3 N–H and O–H groups in total. The van der Waals surface area contributed by atoms with Gasteiger partial charge in [-0.15, -0.1) is 0 Å². The van der Waals surface area contributed by atoms with Gasteiger partial charge in [0.15, 0.2) is 0 Å². The Morgan fingerprint density at radius 2 is 1.98 bits per heavy atom. The summed E-state index contributed by atoms with van der Waals surface area (Å²) < 4.78 is 5.69. The lowest BCUT2D eigenvalue weighted by molar-refractivity contribution is -0.155. The van der Waals surface area contributed by atoms with Gasteiger partial charge in [-0.2, -0.15) is 0 Å². The zero-order valence-corrected chi connectivity index (χ0v) is 24.6. The molecule has 1 fully saturated rings. The molecule has 2 aliphatic heterocycles. The Morgan fingerprint density at radius 1 is 1.15 bits per heavy atom. The van der Waals surface area contributed by atoms with E-state index in [2.05, 4.69) is 49.9 Å². The molecule has 0 saturated carbocycles. The molecule has 5 heterocycles. The lowest BCUT2D eigenvalue weighted by atomic mass is 9.92. The Bertz CT molecular complexity index is 1320. The van der Waals surface area contributed by atoms with Crippen LogP contribution in [0.15, 0.2) is 42.9 Å². The van der Waals surface area contributed by atoms with Gasteiger partial charge in [0.25, 0.3) is 0 Å². The van der Waals surface area contributed by atoms with Crippen molar-refractivity contribution < 1.29 is 9.53 Å². The van der Waals surface area contributed by atoms with Gasteiger partial charge in [-0.1, -0.05) is 19.1 Å². The Labute approximate surface area is 242 Å². The number of hydrogen-bond donors (Lipinski definition) is 3. The van der Waals surface area contributed by atoms with Crippen LogP contribution >= 0.6 is 0 Å². The molecule has 0 bridgehead atoms. The first-order chi connectivity index (χ1) is 19.8. The lowest BCUT2D eigenvalue weighted by Crippen LogP contribution is -2.41. The first-order valence-electron chi connectivity index (χ1n) is 14.8. The number of aryl methyl sites for hydroxylation is 1. The number of pyridine rings is 2. The van der Waals surface area contributed by atoms with Gasteiger partial charge in [0.2, 0.25) is 0 Å². The number of hydrogen-bond acceptors (Lipinski definition) is 10. The zero-order valence-electron chi connectivity index (χ0n) is 24.6. The summed E-state index contributed by atoms with van der Waals surface area (Å²) in [5.74, 6) is 3.45. The van der Waals surface area contributed by atoms with E-state index in [0.717, 1.165) is 68.3 Å². The molecule has 0 unspecified atom stereocenters. The molecule has 0 aliphatic carbocycles. The topological polar surface area (TPSA) is 117 Å². The lowest BCUT2D eigenvalue weighted by Gasteiger charge is -2.34. The molecule has 10 heteroatoms. The van der Waals surface area contributed by atoms with Gasteiger partial charge in [0.05, 0.1) is 0 Å². The fourth-order valence-electron chi connectivity index (χ4n) is 5.50. The molecular formula is C31H42N8O2. The largest absolute Gasteiger partial charge is 0.458 e. The van der Waals surface area contributed by atoms with Gasteiger partial charge >= 0.3 is 5.97 Å². The highest BCUT2D eigenvalue weighted by Crippen LogP contribution is 2.33. The van der Waals surface area contributed by atoms with Crippen LogP contribution < -0.4 is 20.9 Å². The summed E-state index contributed by atoms with van der Waals surface area (Å²) in [6.07, 6.45) is 8.39. The molecule has 0 spiro atoms. The number of fused-ring (bicyclic) bond motifs is 1. The molecule has 5 rings (SSSR count). The number of carbonyl (C=O) groups excluding carboxylic acids is 1. The van der Waals surface area contributed by atoms with Crippen molar-refractivity contribution in [2.45, 2.75) is 77.4 Å². The smallest absolute Gasteiger partial charge is 0.330 e. The third kappa shape index (κ3) is 7.23. The minimum absolute atomic E-state index is 0.287. The minimum Gasteiger partial charge on any atom is -0.458 e. The summed E-state index contributed by atoms with van der Waals surface area (Å²) in [6.45, 7) is 10.8. The Kier molecular flexibility index (Phi) is 8.85. The highest BCUT2D eigenvalue weighted by molar-refractivity contribution is 5.80. The van der Waals surface area contributed by atoms with Crippen LogP contribution in [-0.2, 0) is 22.4 Å². The number of aromatic nitrogens is 4. The van der Waals surface area contributed by atoms with E-state index in [1.54, 1.807) is 12.5 Å². The number of esters is 1. The summed E-state index contributed by atoms with van der Waals surface area (Å²) >= 11 is 0. The third-order valence-corrected chi connectivity index (χ3v) is 7.56. The molecule has 1 atom stereocenters. The highest BCUT2D eigenvalue weighted by atomic mass is 16.6. The highest BCUT2D eigenvalue weighted by Gasteiger charge is 2.28. The van der Waals surface area contributed by atoms with Crippen LogP contribution in [0.25, 0.3) is 0 Å². The van der Waals surface area contributed by atoms with Crippen LogP contribution in [0, 0.1) is 0 Å². The number of ether oxygens (including phenoxy) is 1. The predicted octanol–water partition coefficient (Wildman–Crippen LogP) is 4.81. The summed E-state index contributed by atoms with van der Waals surface area (Å²) in [4.78, 5) is 34.0. The molecular weight excluding hydrogens is 516 g/mol. The van der Waals surface area contributed by atoms with Crippen LogP contribution in [0.5, 0.6) is 0 Å². The van der Waals surface area contributed by atoms with Gasteiger partial charge in [-0.25, -0.2) is 24.7 Å². The average Bonchev–Trinajstić information content (AvgIpc) is 2.98. The quantitative estimate of drug-likeness (QED) is 0.316. The normalized spacial score (nSPS) is 16.3. The first kappa shape index (κ1) is 28.6. The summed E-state index contributed by atoms with van der Waals surface area (Å²) in [5.41, 5.74) is 2.96. The van der Waals surface area contributed by atoms with E-state index < -0.39 is 11.6 Å². The number of piperidine rings is 1. The molecule has 218 valence electrons. The van der Waals surface area contributed by atoms with Crippen molar-refractivity contribution in [1.82, 2.24) is 19.9 Å². The standard InChI is InChI=1S/C31H42N8O2/c1-5-23-28(34-19-25(30(40)41-31(2,3)4)37-26-10-6-7-15-32-26)35-20-36-29(23)39-17-13-21(14-18-39)24-12-11-22-9-8-16-33-27(22)38-24/h6-7,10-12,15,20-21,25H,5,8-9,13-14,16-19H2,1-4H3,(H,32,37)(H,33,38)(H,34,35,36)/t25-/m0/s1. The molecule has 0 amide bonds. The van der Waals surface area contributed by atoms with E-state index in [0.29, 0.717) is 11.7 Å². The maximum atomic E-state index is 13.1. The van der Waals surface area contributed by atoms with Crippen molar-refractivity contribution in [3.63, 3.8) is 0 Å². The third-order valence-electron chi connectivity index (χ3n) is 7.56. The maximum absolute atomic E-state index is 13.1. The zero-order chi connectivity index (χ0) is 28.8. The summed E-state index contributed by atoms with van der Waals surface area (Å²) in [5, 5.41) is 10.1. The molecule has 41 heavy (non-hydrogen) atoms. The second-order valence-electron chi connectivity index (χ2n) is 11.7. The number of carbonyl (C=O) groups is 1. The number of rotatable bonds is 9. The molecule has 3 aromatic heterocycles. The number of anilines is 4. The average molecular weight is 559 g/mol. The van der Waals surface area contributed by atoms with Crippen LogP contribution in [0.1, 0.15) is 69.7 Å². The first-order valence-corrected chi connectivity index (χ1v) is 14.8. The SMILES string of the molecule is CCc1c(NC[C@H](Nc2ccccn2)C(=O)OC(C)(C)C)ncnc1N1CCC(c2ccc3c(n2)NCCC3)CC1. The monoisotopic (exact) mass is 558 g/mol. The molecule has 1 saturated heterocycles. The Morgan fingerprint density at radius 3 is 2.71 bits per heavy atom. The predicted molar refractivity (Wildman–Crippen MR) is 163 cm³/mol. The van der Waals surface area contributed by atoms with Gasteiger partial charge in [0.1, 0.15) is 41.2 Å². The second kappa shape index (κ2) is 12.7. The maximum Gasteiger partial charge on any atom is 0.330 e. The van der Waals surface area contributed by atoms with Crippen LogP contribution in [-0.4, -0.2) is 63.7 Å². The van der Waals surface area contributed by atoms with E-state index in [1.807, 2.05) is 39.0 Å². The van der Waals surface area contributed by atoms with Gasteiger partial charge in [0, 0.05) is 49.6 Å². The van der Waals surface area contributed by atoms with E-state index >= 15 is 0 Å². The Hall–Kier alpha value is -3.95. The van der Waals surface area contributed by atoms with Gasteiger partial charge < -0.3 is 25.6 Å². The minimum atomic E-state index is -0.651. The molecule has 2 aliphatic rings. The van der Waals surface area contributed by atoms with Crippen molar-refractivity contribution in [3.05, 3.63) is 59.7 Å². The van der Waals surface area contributed by atoms with Crippen molar-refractivity contribution in [2.24, 2.45) is 0 Å². The second-order valence-corrected chi connectivity index (χ2v) is 11.7. The fourth-order valence-corrected chi connectivity index (χ4v) is 5.50. The fraction of sp³-hybridized carbons (Fsp3) is 0.516. The van der Waals surface area contributed by atoms with Crippen molar-refractivity contribution in [1.29, 1.82) is 0 Å². The summed E-state index contributed by atoms with van der Waals surface area (Å²) in [7, 11) is 0. The number of nitrogens with zero attached hydrogens (tertiary/aromatic N) is 5. The van der Waals surface area contributed by atoms with Crippen molar-refractivity contribution >= 4 is 29.2 Å². The van der Waals surface area contributed by atoms with Crippen LogP contribution in [0.4, 0.5) is 23.3 Å². The van der Waals surface area contributed by atoms with Crippen LogP contribution in [0.2, 0.25) is 0 Å². The van der Waals surface area contributed by atoms with Crippen LogP contribution in [0.3, 0.4) is 0 Å². The van der Waals surface area contributed by atoms with Gasteiger partial charge in [-0.05, 0) is 76.6 Å². The Balaban J connectivity index is 1.26. The molecule has 0 radical (unpaired) electrons. The molecule has 10 nitrogen and oxygen atoms in total. The van der Waals surface area contributed by atoms with E-state index in [9.17, 15) is 4.79 Å². The van der Waals surface area contributed by atoms with E-state index in [4.69, 9.17) is 14.7 Å². The van der Waals surface area contributed by atoms with E-state index in [1.165, 1.54) is 17.7 Å². The van der Waals surface area contributed by atoms with Crippen molar-refractivity contribution in [2.75, 3.05) is 47.0 Å². The molecule has 3 aromatic rings. The van der Waals surface area contributed by atoms with Crippen molar-refractivity contribution in [3.8, 4) is 0 Å². The van der Waals surface area contributed by atoms with E-state index in [-0.39, 0.29) is 12.5 Å². The number of nitrogens with one attached hydrogen (secondary N) is 3. The summed E-state index contributed by atoms with van der Waals surface area (Å²) in [6, 6.07) is 9.37.